The van der Waals surface area contributed by atoms with Crippen molar-refractivity contribution in [1.29, 1.82) is 0 Å². The molecule has 0 aliphatic carbocycles. The Morgan fingerprint density at radius 3 is 2.82 bits per heavy atom. The van der Waals surface area contributed by atoms with Crippen molar-refractivity contribution in [2.45, 2.75) is 33.2 Å². The molecule has 0 spiro atoms. The van der Waals surface area contributed by atoms with E-state index in [-0.39, 0.29) is 6.04 Å². The third kappa shape index (κ3) is 2.77. The van der Waals surface area contributed by atoms with Gasteiger partial charge in [0, 0.05) is 38.3 Å². The summed E-state index contributed by atoms with van der Waals surface area (Å²) in [5, 5.41) is 0. The molecule has 0 amide bonds. The van der Waals surface area contributed by atoms with Gasteiger partial charge in [-0.25, -0.2) is 9.97 Å². The summed E-state index contributed by atoms with van der Waals surface area (Å²) in [7, 11) is 2.01. The summed E-state index contributed by atoms with van der Waals surface area (Å²) in [6.45, 7) is 6.03. The van der Waals surface area contributed by atoms with E-state index in [0.717, 1.165) is 17.9 Å². The van der Waals surface area contributed by atoms with Crippen molar-refractivity contribution in [3.63, 3.8) is 0 Å². The zero-order valence-corrected chi connectivity index (χ0v) is 13.2. The first kappa shape index (κ1) is 14.4. The lowest BCUT2D eigenvalue weighted by atomic mass is 10.1. The number of nitrogens with zero attached hydrogens (tertiary/aromatic N) is 5. The molecule has 0 aliphatic heterocycles. The Morgan fingerprint density at radius 2 is 2.05 bits per heavy atom. The number of fused-ring (bicyclic) bond motifs is 1. The number of aromatic nitrogens is 4. The smallest absolute Gasteiger partial charge is 0.252 e. The number of oxazole rings is 1. The van der Waals surface area contributed by atoms with Gasteiger partial charge >= 0.3 is 0 Å². The molecule has 6 nitrogen and oxygen atoms in total. The average molecular weight is 297 g/mol. The minimum Gasteiger partial charge on any atom is -0.422 e. The third-order valence-corrected chi connectivity index (χ3v) is 3.75. The maximum absolute atomic E-state index is 5.47. The van der Waals surface area contributed by atoms with Crippen LogP contribution in [0.3, 0.4) is 0 Å². The van der Waals surface area contributed by atoms with Gasteiger partial charge in [-0.1, -0.05) is 0 Å². The van der Waals surface area contributed by atoms with E-state index >= 15 is 0 Å². The van der Waals surface area contributed by atoms with Crippen LogP contribution in [0, 0.1) is 13.8 Å². The highest BCUT2D eigenvalue weighted by molar-refractivity contribution is 5.81. The molecule has 0 saturated carbocycles. The summed E-state index contributed by atoms with van der Waals surface area (Å²) in [5.41, 5.74) is 3.51. The van der Waals surface area contributed by atoms with Crippen LogP contribution in [0.1, 0.15) is 24.1 Å². The SMILES string of the molecule is Cc1ccnc(C[C@H](C)N(C)c2ncnc3oc(C)nc23)c1. The maximum atomic E-state index is 5.47. The summed E-state index contributed by atoms with van der Waals surface area (Å²) in [5.74, 6) is 1.38. The largest absolute Gasteiger partial charge is 0.422 e. The first-order chi connectivity index (χ1) is 10.5. The molecule has 0 radical (unpaired) electrons. The molecule has 3 aromatic heterocycles. The van der Waals surface area contributed by atoms with Gasteiger partial charge in [0.2, 0.25) is 0 Å². The van der Waals surface area contributed by atoms with E-state index < -0.39 is 0 Å². The second kappa shape index (κ2) is 5.71. The Balaban J connectivity index is 1.87. The number of hydrogen-bond donors (Lipinski definition) is 0. The number of anilines is 1. The van der Waals surface area contributed by atoms with Crippen LogP contribution in [-0.4, -0.2) is 33.0 Å². The Morgan fingerprint density at radius 1 is 1.23 bits per heavy atom. The molecular formula is C16H19N5O. The highest BCUT2D eigenvalue weighted by atomic mass is 16.4. The number of rotatable bonds is 4. The molecule has 114 valence electrons. The fourth-order valence-electron chi connectivity index (χ4n) is 2.46. The van der Waals surface area contributed by atoms with Crippen LogP contribution >= 0.6 is 0 Å². The topological polar surface area (TPSA) is 67.9 Å². The van der Waals surface area contributed by atoms with E-state index in [9.17, 15) is 0 Å². The lowest BCUT2D eigenvalue weighted by Gasteiger charge is -2.25. The minimum atomic E-state index is 0.226. The van der Waals surface area contributed by atoms with Crippen molar-refractivity contribution in [2.75, 3.05) is 11.9 Å². The van der Waals surface area contributed by atoms with Crippen LogP contribution in [0.15, 0.2) is 29.1 Å². The van der Waals surface area contributed by atoms with Gasteiger partial charge in [-0.3, -0.25) is 4.98 Å². The molecule has 0 aromatic carbocycles. The maximum Gasteiger partial charge on any atom is 0.252 e. The zero-order chi connectivity index (χ0) is 15.7. The molecule has 0 unspecified atom stereocenters. The highest BCUT2D eigenvalue weighted by Gasteiger charge is 2.18. The van der Waals surface area contributed by atoms with Gasteiger partial charge in [0.1, 0.15) is 6.33 Å². The molecule has 1 atom stereocenters. The van der Waals surface area contributed by atoms with Gasteiger partial charge in [0.15, 0.2) is 17.2 Å². The molecule has 0 bridgehead atoms. The molecule has 3 rings (SSSR count). The van der Waals surface area contributed by atoms with E-state index in [1.807, 2.05) is 26.2 Å². The van der Waals surface area contributed by atoms with Crippen molar-refractivity contribution in [1.82, 2.24) is 19.9 Å². The first-order valence-electron chi connectivity index (χ1n) is 7.27. The summed E-state index contributed by atoms with van der Waals surface area (Å²) in [6, 6.07) is 4.34. The normalized spacial score (nSPS) is 12.5. The van der Waals surface area contributed by atoms with E-state index in [1.54, 1.807) is 0 Å². The summed E-state index contributed by atoms with van der Waals surface area (Å²) < 4.78 is 5.47. The molecule has 3 aromatic rings. The zero-order valence-electron chi connectivity index (χ0n) is 13.2. The van der Waals surface area contributed by atoms with Crippen molar-refractivity contribution >= 4 is 17.0 Å². The second-order valence-electron chi connectivity index (χ2n) is 5.57. The standard InChI is InChI=1S/C16H19N5O/c1-10-5-6-17-13(7-10)8-11(2)21(4)15-14-16(19-9-18-15)22-12(3)20-14/h5-7,9,11H,8H2,1-4H3/t11-/m0/s1. The fraction of sp³-hybridized carbons (Fsp3) is 0.375. The fourth-order valence-corrected chi connectivity index (χ4v) is 2.46. The third-order valence-electron chi connectivity index (χ3n) is 3.75. The molecule has 22 heavy (non-hydrogen) atoms. The van der Waals surface area contributed by atoms with Gasteiger partial charge < -0.3 is 9.32 Å². The molecule has 0 saturated heterocycles. The van der Waals surface area contributed by atoms with Gasteiger partial charge in [0.25, 0.3) is 5.71 Å². The minimum absolute atomic E-state index is 0.226. The van der Waals surface area contributed by atoms with Crippen molar-refractivity contribution in [3.8, 4) is 0 Å². The Bertz CT molecular complexity index is 798. The number of likely N-dealkylation sites (N-methyl/N-ethyl adjacent to an activating group) is 1. The Labute approximate surface area is 129 Å². The van der Waals surface area contributed by atoms with E-state index in [0.29, 0.717) is 17.1 Å². The average Bonchev–Trinajstić information content (AvgIpc) is 2.86. The first-order valence-corrected chi connectivity index (χ1v) is 7.27. The van der Waals surface area contributed by atoms with Crippen LogP contribution in [0.25, 0.3) is 11.2 Å². The summed E-state index contributed by atoms with van der Waals surface area (Å²) in [4.78, 5) is 19.4. The molecular weight excluding hydrogens is 278 g/mol. The van der Waals surface area contributed by atoms with Crippen LogP contribution in [0.4, 0.5) is 5.82 Å². The summed E-state index contributed by atoms with van der Waals surface area (Å²) >= 11 is 0. The van der Waals surface area contributed by atoms with E-state index in [2.05, 4.69) is 44.7 Å². The molecule has 6 heteroatoms. The highest BCUT2D eigenvalue weighted by Crippen LogP contribution is 2.24. The molecule has 0 N–H and O–H groups in total. The predicted molar refractivity (Wildman–Crippen MR) is 84.9 cm³/mol. The van der Waals surface area contributed by atoms with Crippen LogP contribution in [0.5, 0.6) is 0 Å². The van der Waals surface area contributed by atoms with Crippen LogP contribution in [-0.2, 0) is 6.42 Å². The van der Waals surface area contributed by atoms with E-state index in [1.165, 1.54) is 11.9 Å². The van der Waals surface area contributed by atoms with Crippen molar-refractivity contribution < 1.29 is 4.42 Å². The van der Waals surface area contributed by atoms with Gasteiger partial charge in [-0.2, -0.15) is 4.98 Å². The lowest BCUT2D eigenvalue weighted by molar-refractivity contribution is 0.551. The molecule has 0 aliphatic rings. The predicted octanol–water partition coefficient (Wildman–Crippen LogP) is 2.70. The number of aryl methyl sites for hydroxylation is 2. The number of pyridine rings is 1. The van der Waals surface area contributed by atoms with E-state index in [4.69, 9.17) is 4.42 Å². The Hall–Kier alpha value is -2.50. The summed E-state index contributed by atoms with van der Waals surface area (Å²) in [6.07, 6.45) is 4.19. The Kier molecular flexibility index (Phi) is 3.75. The molecule has 3 heterocycles. The van der Waals surface area contributed by atoms with Crippen LogP contribution < -0.4 is 4.90 Å². The van der Waals surface area contributed by atoms with Gasteiger partial charge in [-0.15, -0.1) is 0 Å². The van der Waals surface area contributed by atoms with Gasteiger partial charge in [0.05, 0.1) is 0 Å². The monoisotopic (exact) mass is 297 g/mol. The van der Waals surface area contributed by atoms with Gasteiger partial charge in [-0.05, 0) is 31.5 Å². The van der Waals surface area contributed by atoms with Crippen molar-refractivity contribution in [3.05, 3.63) is 41.8 Å². The van der Waals surface area contributed by atoms with Crippen LogP contribution in [0.2, 0.25) is 0 Å². The number of hydrogen-bond acceptors (Lipinski definition) is 6. The quantitative estimate of drug-likeness (QED) is 0.737. The van der Waals surface area contributed by atoms with Crippen molar-refractivity contribution in [2.24, 2.45) is 0 Å². The molecule has 0 fully saturated rings. The lowest BCUT2D eigenvalue weighted by Crippen LogP contribution is -2.32. The second-order valence-corrected chi connectivity index (χ2v) is 5.57.